The van der Waals surface area contributed by atoms with E-state index in [0.29, 0.717) is 12.1 Å². The summed E-state index contributed by atoms with van der Waals surface area (Å²) in [5.74, 6) is -1.14. The summed E-state index contributed by atoms with van der Waals surface area (Å²) in [6.07, 6.45) is 0.0130. The van der Waals surface area contributed by atoms with Gasteiger partial charge in [0.05, 0.1) is 6.42 Å². The van der Waals surface area contributed by atoms with E-state index in [2.05, 4.69) is 15.9 Å². The Morgan fingerprint density at radius 3 is 2.67 bits per heavy atom. The van der Waals surface area contributed by atoms with Crippen molar-refractivity contribution in [2.24, 2.45) is 0 Å². The molecule has 0 aromatic heterocycles. The van der Waals surface area contributed by atoms with Crippen molar-refractivity contribution < 1.29 is 14.3 Å². The van der Waals surface area contributed by atoms with Gasteiger partial charge in [0, 0.05) is 22.1 Å². The van der Waals surface area contributed by atoms with Crippen LogP contribution in [0.3, 0.4) is 0 Å². The van der Waals surface area contributed by atoms with Crippen LogP contribution in [0.2, 0.25) is 0 Å². The molecule has 1 aromatic carbocycles. The number of hydrogen-bond donors (Lipinski definition) is 1. The maximum absolute atomic E-state index is 13.6. The third-order valence-electron chi connectivity index (χ3n) is 3.03. The van der Waals surface area contributed by atoms with Gasteiger partial charge in [-0.15, -0.1) is 0 Å². The Morgan fingerprint density at radius 1 is 1.50 bits per heavy atom. The number of aliphatic carboxylic acids is 1. The van der Waals surface area contributed by atoms with E-state index in [1.165, 1.54) is 6.07 Å². The molecular weight excluding hydrogens is 301 g/mol. The SMILES string of the molecule is CN(Cc1cc(Br)ccc1F)C(C)(C)CC(=O)O. The van der Waals surface area contributed by atoms with Crippen molar-refractivity contribution >= 4 is 21.9 Å². The van der Waals surface area contributed by atoms with Crippen molar-refractivity contribution in [1.29, 1.82) is 0 Å². The minimum Gasteiger partial charge on any atom is -0.481 e. The second-order valence-electron chi connectivity index (χ2n) is 4.97. The summed E-state index contributed by atoms with van der Waals surface area (Å²) in [5, 5.41) is 8.85. The van der Waals surface area contributed by atoms with Crippen LogP contribution in [0.25, 0.3) is 0 Å². The average Bonchev–Trinajstić information content (AvgIpc) is 2.21. The molecule has 0 amide bonds. The van der Waals surface area contributed by atoms with Crippen LogP contribution in [0.4, 0.5) is 4.39 Å². The Morgan fingerprint density at radius 2 is 2.11 bits per heavy atom. The van der Waals surface area contributed by atoms with E-state index in [9.17, 15) is 9.18 Å². The smallest absolute Gasteiger partial charge is 0.305 e. The third-order valence-corrected chi connectivity index (χ3v) is 3.53. The fraction of sp³-hybridized carbons (Fsp3) is 0.462. The summed E-state index contributed by atoms with van der Waals surface area (Å²) in [6, 6.07) is 4.75. The minimum atomic E-state index is -0.860. The van der Waals surface area contributed by atoms with Crippen LogP contribution in [-0.4, -0.2) is 28.6 Å². The van der Waals surface area contributed by atoms with Gasteiger partial charge in [-0.2, -0.15) is 0 Å². The molecule has 18 heavy (non-hydrogen) atoms. The molecule has 0 unspecified atom stereocenters. The second-order valence-corrected chi connectivity index (χ2v) is 5.89. The molecule has 0 atom stereocenters. The van der Waals surface area contributed by atoms with E-state index < -0.39 is 11.5 Å². The molecule has 0 saturated heterocycles. The van der Waals surface area contributed by atoms with Gasteiger partial charge in [0.2, 0.25) is 0 Å². The lowest BCUT2D eigenvalue weighted by Gasteiger charge is -2.34. The first kappa shape index (κ1) is 15.1. The number of carboxylic acids is 1. The van der Waals surface area contributed by atoms with E-state index in [1.54, 1.807) is 19.2 Å². The van der Waals surface area contributed by atoms with Crippen molar-refractivity contribution in [2.45, 2.75) is 32.4 Å². The van der Waals surface area contributed by atoms with Gasteiger partial charge in [-0.3, -0.25) is 9.69 Å². The molecule has 5 heteroatoms. The predicted molar refractivity (Wildman–Crippen MR) is 71.9 cm³/mol. The summed E-state index contributed by atoms with van der Waals surface area (Å²) in [7, 11) is 1.79. The molecule has 0 fully saturated rings. The highest BCUT2D eigenvalue weighted by atomic mass is 79.9. The van der Waals surface area contributed by atoms with Crippen LogP contribution in [-0.2, 0) is 11.3 Å². The monoisotopic (exact) mass is 317 g/mol. The standard InChI is InChI=1S/C13H17BrFNO2/c1-13(2,7-12(17)18)16(3)8-9-6-10(14)4-5-11(9)15/h4-6H,7-8H2,1-3H3,(H,17,18). The highest BCUT2D eigenvalue weighted by Gasteiger charge is 2.27. The van der Waals surface area contributed by atoms with E-state index in [1.807, 2.05) is 18.7 Å². The topological polar surface area (TPSA) is 40.5 Å². The lowest BCUT2D eigenvalue weighted by atomic mass is 9.98. The number of carbonyl (C=O) groups is 1. The quantitative estimate of drug-likeness (QED) is 0.906. The van der Waals surface area contributed by atoms with Gasteiger partial charge in [-0.05, 0) is 39.1 Å². The number of carboxylic acid groups (broad SMARTS) is 1. The van der Waals surface area contributed by atoms with Crippen LogP contribution >= 0.6 is 15.9 Å². The van der Waals surface area contributed by atoms with Gasteiger partial charge in [0.1, 0.15) is 5.82 Å². The highest BCUT2D eigenvalue weighted by molar-refractivity contribution is 9.10. The Bertz CT molecular complexity index is 449. The Hall–Kier alpha value is -0.940. The lowest BCUT2D eigenvalue weighted by Crippen LogP contribution is -2.42. The molecule has 0 bridgehead atoms. The van der Waals surface area contributed by atoms with E-state index in [4.69, 9.17) is 5.11 Å². The van der Waals surface area contributed by atoms with Crippen LogP contribution in [0.1, 0.15) is 25.8 Å². The van der Waals surface area contributed by atoms with Crippen LogP contribution < -0.4 is 0 Å². The molecule has 1 aromatic rings. The molecule has 0 spiro atoms. The molecule has 0 aliphatic rings. The number of hydrogen-bond acceptors (Lipinski definition) is 2. The van der Waals surface area contributed by atoms with E-state index >= 15 is 0 Å². The lowest BCUT2D eigenvalue weighted by molar-refractivity contribution is -0.139. The summed E-state index contributed by atoms with van der Waals surface area (Å²) < 4.78 is 14.4. The first-order valence-corrected chi connectivity index (χ1v) is 6.38. The second kappa shape index (κ2) is 5.80. The molecule has 0 heterocycles. The van der Waals surface area contributed by atoms with Crippen LogP contribution in [0, 0.1) is 5.82 Å². The molecule has 1 rings (SSSR count). The largest absolute Gasteiger partial charge is 0.481 e. The summed E-state index contributed by atoms with van der Waals surface area (Å²) in [5.41, 5.74) is 0.0194. The zero-order chi connectivity index (χ0) is 13.9. The van der Waals surface area contributed by atoms with Gasteiger partial charge in [0.15, 0.2) is 0 Å². The number of rotatable bonds is 5. The number of halogens is 2. The van der Waals surface area contributed by atoms with Gasteiger partial charge in [-0.25, -0.2) is 4.39 Å². The van der Waals surface area contributed by atoms with Gasteiger partial charge < -0.3 is 5.11 Å². The average molecular weight is 318 g/mol. The summed E-state index contributed by atoms with van der Waals surface area (Å²) in [6.45, 7) is 4.03. The number of benzene rings is 1. The van der Waals surface area contributed by atoms with Crippen LogP contribution in [0.15, 0.2) is 22.7 Å². The Labute approximate surface area is 115 Å². The Kier molecular flexibility index (Phi) is 4.87. The van der Waals surface area contributed by atoms with Crippen molar-refractivity contribution in [3.05, 3.63) is 34.1 Å². The molecule has 0 saturated carbocycles. The normalized spacial score (nSPS) is 11.9. The van der Waals surface area contributed by atoms with Crippen molar-refractivity contribution in [1.82, 2.24) is 4.90 Å². The van der Waals surface area contributed by atoms with Gasteiger partial charge in [-0.1, -0.05) is 15.9 Å². The van der Waals surface area contributed by atoms with E-state index in [0.717, 1.165) is 4.47 Å². The molecular formula is C13H17BrFNO2. The number of nitrogens with zero attached hydrogens (tertiary/aromatic N) is 1. The zero-order valence-electron chi connectivity index (χ0n) is 10.7. The molecule has 100 valence electrons. The summed E-state index contributed by atoms with van der Waals surface area (Å²) in [4.78, 5) is 12.6. The molecule has 0 aliphatic carbocycles. The molecule has 0 aliphatic heterocycles. The zero-order valence-corrected chi connectivity index (χ0v) is 12.3. The predicted octanol–water partition coefficient (Wildman–Crippen LogP) is 3.27. The van der Waals surface area contributed by atoms with Crippen molar-refractivity contribution in [3.63, 3.8) is 0 Å². The highest BCUT2D eigenvalue weighted by Crippen LogP contribution is 2.22. The maximum Gasteiger partial charge on any atom is 0.305 e. The van der Waals surface area contributed by atoms with Gasteiger partial charge in [0.25, 0.3) is 0 Å². The minimum absolute atomic E-state index is 0.0130. The first-order valence-electron chi connectivity index (χ1n) is 5.59. The van der Waals surface area contributed by atoms with Crippen LogP contribution in [0.5, 0.6) is 0 Å². The van der Waals surface area contributed by atoms with Crippen molar-refractivity contribution in [3.8, 4) is 0 Å². The Balaban J connectivity index is 2.83. The van der Waals surface area contributed by atoms with Gasteiger partial charge >= 0.3 is 5.97 Å². The molecule has 3 nitrogen and oxygen atoms in total. The fourth-order valence-corrected chi connectivity index (χ4v) is 2.05. The molecule has 0 radical (unpaired) electrons. The first-order chi connectivity index (χ1) is 8.22. The van der Waals surface area contributed by atoms with Crippen molar-refractivity contribution in [2.75, 3.05) is 7.05 Å². The third kappa shape index (κ3) is 4.07. The summed E-state index contributed by atoms with van der Waals surface area (Å²) >= 11 is 3.30. The maximum atomic E-state index is 13.6. The fourth-order valence-electron chi connectivity index (χ4n) is 1.64. The van der Waals surface area contributed by atoms with E-state index in [-0.39, 0.29) is 12.2 Å². The molecule has 1 N–H and O–H groups in total.